The topological polar surface area (TPSA) is 109 Å². The SMILES string of the molecule is CC.CC(C)(C)O.Cc1nc2cc3nn2c(c1CC(=O)O)N1CCC(C)(CC1)OCCCCc1cc(F)ccc1COC3. The molecule has 5 heterocycles. The number of aliphatic carboxylic acids is 1. The van der Waals surface area contributed by atoms with Crippen LogP contribution < -0.4 is 4.90 Å². The van der Waals surface area contributed by atoms with Gasteiger partial charge in [-0.05, 0) is 90.0 Å². The summed E-state index contributed by atoms with van der Waals surface area (Å²) < 4.78 is 28.0. The van der Waals surface area contributed by atoms with Gasteiger partial charge in [0.25, 0.3) is 0 Å². The predicted molar refractivity (Wildman–Crippen MR) is 166 cm³/mol. The summed E-state index contributed by atoms with van der Waals surface area (Å²) in [5.41, 5.74) is 3.95. The molecule has 1 saturated heterocycles. The molecule has 0 spiro atoms. The summed E-state index contributed by atoms with van der Waals surface area (Å²) in [5.74, 6) is -0.348. The Hall–Kier alpha value is -3.08. The van der Waals surface area contributed by atoms with Crippen LogP contribution in [0.3, 0.4) is 0 Å². The summed E-state index contributed by atoms with van der Waals surface area (Å²) in [6, 6.07) is 6.75. The van der Waals surface area contributed by atoms with E-state index in [0.29, 0.717) is 35.8 Å². The zero-order chi connectivity index (χ0) is 31.8. The number of hydrogen-bond donors (Lipinski definition) is 2. The van der Waals surface area contributed by atoms with Crippen molar-refractivity contribution < 1.29 is 28.9 Å². The Morgan fingerprint density at radius 1 is 1.09 bits per heavy atom. The summed E-state index contributed by atoms with van der Waals surface area (Å²) in [7, 11) is 0. The number of aryl methyl sites for hydroxylation is 2. The molecule has 0 unspecified atom stereocenters. The van der Waals surface area contributed by atoms with Crippen LogP contribution in [0.25, 0.3) is 5.65 Å². The van der Waals surface area contributed by atoms with Gasteiger partial charge >= 0.3 is 5.97 Å². The molecule has 2 aromatic heterocycles. The van der Waals surface area contributed by atoms with Crippen LogP contribution in [0.2, 0.25) is 0 Å². The van der Waals surface area contributed by atoms with Gasteiger partial charge in [0, 0.05) is 37.0 Å². The average Bonchev–Trinajstić information content (AvgIpc) is 3.32. The molecule has 1 aromatic carbocycles. The Bertz CT molecular complexity index is 1350. The van der Waals surface area contributed by atoms with Crippen molar-refractivity contribution in [3.8, 4) is 0 Å². The minimum atomic E-state index is -0.897. The first-order valence-corrected chi connectivity index (χ1v) is 15.4. The molecule has 6 rings (SSSR count). The van der Waals surface area contributed by atoms with Crippen molar-refractivity contribution in [1.82, 2.24) is 14.6 Å². The van der Waals surface area contributed by atoms with Crippen LogP contribution in [-0.4, -0.2) is 61.7 Å². The number of halogens is 1. The van der Waals surface area contributed by atoms with Gasteiger partial charge in [0.05, 0.1) is 36.5 Å². The van der Waals surface area contributed by atoms with Crippen molar-refractivity contribution in [2.75, 3.05) is 24.6 Å². The molecular formula is C33H49FN4O5. The molecule has 10 heteroatoms. The number of hydrogen-bond acceptors (Lipinski definition) is 7. The highest BCUT2D eigenvalue weighted by molar-refractivity contribution is 5.74. The van der Waals surface area contributed by atoms with E-state index in [9.17, 15) is 14.3 Å². The van der Waals surface area contributed by atoms with Crippen molar-refractivity contribution in [3.63, 3.8) is 0 Å². The van der Waals surface area contributed by atoms with Gasteiger partial charge in [0.2, 0.25) is 0 Å². The first-order valence-electron chi connectivity index (χ1n) is 15.4. The van der Waals surface area contributed by atoms with Crippen molar-refractivity contribution in [3.05, 3.63) is 58.2 Å². The molecule has 43 heavy (non-hydrogen) atoms. The zero-order valence-electron chi connectivity index (χ0n) is 26.9. The van der Waals surface area contributed by atoms with E-state index < -0.39 is 11.6 Å². The number of carbonyl (C=O) groups is 1. The second-order valence-electron chi connectivity index (χ2n) is 12.3. The summed E-state index contributed by atoms with van der Waals surface area (Å²) in [4.78, 5) is 18.6. The molecule has 1 fully saturated rings. The molecule has 0 amide bonds. The van der Waals surface area contributed by atoms with Gasteiger partial charge in [0.15, 0.2) is 5.65 Å². The lowest BCUT2D eigenvalue weighted by molar-refractivity contribution is -0.136. The van der Waals surface area contributed by atoms with Gasteiger partial charge in [-0.25, -0.2) is 9.37 Å². The monoisotopic (exact) mass is 600 g/mol. The van der Waals surface area contributed by atoms with Crippen LogP contribution >= 0.6 is 0 Å². The van der Waals surface area contributed by atoms with Gasteiger partial charge < -0.3 is 24.6 Å². The molecule has 3 aliphatic heterocycles. The van der Waals surface area contributed by atoms with E-state index >= 15 is 0 Å². The number of aromatic nitrogens is 3. The van der Waals surface area contributed by atoms with Crippen molar-refractivity contribution in [1.29, 1.82) is 0 Å². The standard InChI is InChI=1S/C27H33FN4O4.C4H10O.C2H6/c1-18-23(15-25(33)34)26-31-10-8-27(2,9-11-31)36-12-4-3-5-19-13-21(28)7-6-20(19)16-35-17-22-14-24(29-18)32(26)30-22;1-4(2,3)5;1-2/h6-7,13-14H,3-5,8-12,15-17H2,1-2H3,(H,33,34);5H,1-3H3;1-2H3. The van der Waals surface area contributed by atoms with Crippen molar-refractivity contribution in [2.24, 2.45) is 0 Å². The maximum Gasteiger partial charge on any atom is 0.308 e. The van der Waals surface area contributed by atoms with Gasteiger partial charge in [-0.1, -0.05) is 19.9 Å². The second-order valence-corrected chi connectivity index (χ2v) is 12.3. The Morgan fingerprint density at radius 3 is 2.42 bits per heavy atom. The van der Waals surface area contributed by atoms with E-state index in [4.69, 9.17) is 19.7 Å². The molecule has 0 atom stereocenters. The highest BCUT2D eigenvalue weighted by Gasteiger charge is 2.33. The Kier molecular flexibility index (Phi) is 12.1. The molecule has 0 radical (unpaired) electrons. The zero-order valence-corrected chi connectivity index (χ0v) is 26.9. The Labute approximate surface area is 255 Å². The fraction of sp³-hybridized carbons (Fsp3) is 0.606. The highest BCUT2D eigenvalue weighted by atomic mass is 19.1. The number of carboxylic acids is 1. The molecule has 4 bridgehead atoms. The molecule has 2 N–H and O–H groups in total. The van der Waals surface area contributed by atoms with E-state index in [1.165, 1.54) is 6.07 Å². The van der Waals surface area contributed by atoms with Crippen LogP contribution in [0.1, 0.15) is 95.3 Å². The Morgan fingerprint density at radius 2 is 1.77 bits per heavy atom. The lowest BCUT2D eigenvalue weighted by atomic mass is 9.92. The van der Waals surface area contributed by atoms with E-state index in [1.54, 1.807) is 37.4 Å². The van der Waals surface area contributed by atoms with Gasteiger partial charge in [-0.3, -0.25) is 4.79 Å². The first-order chi connectivity index (χ1) is 20.3. The molecule has 0 saturated carbocycles. The fourth-order valence-electron chi connectivity index (χ4n) is 5.24. The number of fused-ring (bicyclic) bond motifs is 8. The summed E-state index contributed by atoms with van der Waals surface area (Å²) in [5, 5.41) is 22.9. The highest BCUT2D eigenvalue weighted by Crippen LogP contribution is 2.33. The maximum absolute atomic E-state index is 13.9. The third-order valence-corrected chi connectivity index (χ3v) is 7.35. The van der Waals surface area contributed by atoms with Crippen LogP contribution in [0.15, 0.2) is 24.3 Å². The van der Waals surface area contributed by atoms with Crippen molar-refractivity contribution >= 4 is 17.4 Å². The van der Waals surface area contributed by atoms with Gasteiger partial charge in [-0.15, -0.1) is 0 Å². The Balaban J connectivity index is 0.000000657. The van der Waals surface area contributed by atoms with E-state index in [2.05, 4.69) is 16.8 Å². The van der Waals surface area contributed by atoms with Crippen molar-refractivity contribution in [2.45, 2.75) is 111 Å². The molecule has 0 aliphatic carbocycles. The lowest BCUT2D eigenvalue weighted by Crippen LogP contribution is -2.45. The maximum atomic E-state index is 13.9. The molecule has 3 aromatic rings. The van der Waals surface area contributed by atoms with E-state index in [-0.39, 0.29) is 24.4 Å². The molecule has 238 valence electrons. The van der Waals surface area contributed by atoms with Crippen LogP contribution in [0.5, 0.6) is 0 Å². The number of rotatable bonds is 2. The number of anilines is 1. The second kappa shape index (κ2) is 15.1. The smallest absolute Gasteiger partial charge is 0.308 e. The third-order valence-electron chi connectivity index (χ3n) is 7.35. The van der Waals surface area contributed by atoms with Crippen LogP contribution in [0.4, 0.5) is 10.2 Å². The fourth-order valence-corrected chi connectivity index (χ4v) is 5.24. The number of carboxylic acid groups (broad SMARTS) is 1. The molecule has 9 nitrogen and oxygen atoms in total. The number of ether oxygens (including phenoxy) is 2. The number of piperidine rings is 1. The summed E-state index contributed by atoms with van der Waals surface area (Å²) in [6.45, 7) is 16.0. The quantitative estimate of drug-likeness (QED) is 0.367. The lowest BCUT2D eigenvalue weighted by Gasteiger charge is -2.41. The summed E-state index contributed by atoms with van der Waals surface area (Å²) in [6.07, 6.45) is 4.12. The van der Waals surface area contributed by atoms with E-state index in [0.717, 1.165) is 62.1 Å². The number of nitrogens with zero attached hydrogens (tertiary/aromatic N) is 4. The minimum absolute atomic E-state index is 0.118. The van der Waals surface area contributed by atoms with E-state index in [1.807, 2.05) is 26.8 Å². The summed E-state index contributed by atoms with van der Waals surface area (Å²) >= 11 is 0. The predicted octanol–water partition coefficient (Wildman–Crippen LogP) is 6.04. The molecule has 3 aliphatic rings. The van der Waals surface area contributed by atoms with Crippen LogP contribution in [0, 0.1) is 12.7 Å². The largest absolute Gasteiger partial charge is 0.481 e. The number of benzene rings is 1. The molecular weight excluding hydrogens is 551 g/mol. The third kappa shape index (κ3) is 9.98. The first kappa shape index (κ1) is 34.4. The van der Waals surface area contributed by atoms with Gasteiger partial charge in [0.1, 0.15) is 11.6 Å². The van der Waals surface area contributed by atoms with Crippen LogP contribution in [-0.2, 0) is 40.3 Å². The minimum Gasteiger partial charge on any atom is -0.481 e. The normalized spacial score (nSPS) is 17.2. The average molecular weight is 601 g/mol. The van der Waals surface area contributed by atoms with Gasteiger partial charge in [-0.2, -0.15) is 9.61 Å². The number of aliphatic hydroxyl groups is 1.